The molecule has 0 radical (unpaired) electrons. The van der Waals surface area contributed by atoms with Gasteiger partial charge in [0.2, 0.25) is 0 Å². The molecule has 2 N–H and O–H groups in total. The van der Waals surface area contributed by atoms with Crippen molar-refractivity contribution in [3.8, 4) is 0 Å². The van der Waals surface area contributed by atoms with Gasteiger partial charge in [-0.1, -0.05) is 0 Å². The molecule has 1 aromatic carbocycles. The Kier molecular flexibility index (Phi) is 3.27. The maximum absolute atomic E-state index is 10.3. The Bertz CT molecular complexity index is 534. The lowest BCUT2D eigenvalue weighted by Gasteiger charge is -2.05. The molecule has 0 aliphatic heterocycles. The second-order valence-electron chi connectivity index (χ2n) is 3.98. The van der Waals surface area contributed by atoms with Crippen molar-refractivity contribution in [2.24, 2.45) is 7.05 Å². The fraction of sp³-hybridized carbons (Fsp3) is 0.333. The number of benzene rings is 1. The Balaban J connectivity index is 1.97. The van der Waals surface area contributed by atoms with E-state index in [1.54, 1.807) is 6.33 Å². The third kappa shape index (κ3) is 2.75. The van der Waals surface area contributed by atoms with Crippen molar-refractivity contribution in [1.82, 2.24) is 9.55 Å². The molecule has 0 bridgehead atoms. The number of anilines is 1. The zero-order valence-corrected chi connectivity index (χ0v) is 9.68. The van der Waals surface area contributed by atoms with E-state index in [9.17, 15) is 4.79 Å². The van der Waals surface area contributed by atoms with E-state index in [1.807, 2.05) is 29.8 Å². The van der Waals surface area contributed by atoms with Crippen LogP contribution in [0.3, 0.4) is 0 Å². The highest BCUT2D eigenvalue weighted by atomic mass is 16.4. The Morgan fingerprint density at radius 2 is 2.35 bits per heavy atom. The molecule has 5 nitrogen and oxygen atoms in total. The first-order valence-electron chi connectivity index (χ1n) is 5.53. The SMILES string of the molecule is Cn1cnc2cc(NCCCC(=O)O)ccc21. The largest absolute Gasteiger partial charge is 0.481 e. The molecule has 0 unspecified atom stereocenters. The molecule has 0 fully saturated rings. The van der Waals surface area contributed by atoms with E-state index in [0.717, 1.165) is 16.7 Å². The van der Waals surface area contributed by atoms with Crippen molar-refractivity contribution in [3.63, 3.8) is 0 Å². The van der Waals surface area contributed by atoms with Crippen LogP contribution in [0.2, 0.25) is 0 Å². The predicted octanol–water partition coefficient (Wildman–Crippen LogP) is 1.85. The lowest BCUT2D eigenvalue weighted by atomic mass is 10.2. The Morgan fingerprint density at radius 3 is 3.12 bits per heavy atom. The second-order valence-corrected chi connectivity index (χ2v) is 3.98. The third-order valence-electron chi connectivity index (χ3n) is 2.62. The van der Waals surface area contributed by atoms with Crippen LogP contribution in [0.1, 0.15) is 12.8 Å². The van der Waals surface area contributed by atoms with E-state index >= 15 is 0 Å². The van der Waals surface area contributed by atoms with Gasteiger partial charge in [0, 0.05) is 25.7 Å². The number of hydrogen-bond acceptors (Lipinski definition) is 3. The minimum Gasteiger partial charge on any atom is -0.481 e. The number of hydrogen-bond donors (Lipinski definition) is 2. The average Bonchev–Trinajstić information content (AvgIpc) is 2.66. The van der Waals surface area contributed by atoms with Crippen LogP contribution < -0.4 is 5.32 Å². The Hall–Kier alpha value is -2.04. The number of nitrogens with one attached hydrogen (secondary N) is 1. The number of nitrogens with zero attached hydrogens (tertiary/aromatic N) is 2. The van der Waals surface area contributed by atoms with Crippen LogP contribution in [0.4, 0.5) is 5.69 Å². The first kappa shape index (κ1) is 11.4. The van der Waals surface area contributed by atoms with Crippen molar-refractivity contribution in [3.05, 3.63) is 24.5 Å². The van der Waals surface area contributed by atoms with Crippen molar-refractivity contribution in [1.29, 1.82) is 0 Å². The molecule has 2 aromatic rings. The van der Waals surface area contributed by atoms with Gasteiger partial charge in [0.25, 0.3) is 0 Å². The number of carboxylic acid groups (broad SMARTS) is 1. The minimum atomic E-state index is -0.757. The molecule has 0 saturated carbocycles. The summed E-state index contributed by atoms with van der Waals surface area (Å²) in [6.45, 7) is 0.657. The highest BCUT2D eigenvalue weighted by molar-refractivity contribution is 5.79. The smallest absolute Gasteiger partial charge is 0.303 e. The molecule has 1 aromatic heterocycles. The summed E-state index contributed by atoms with van der Waals surface area (Å²) in [5.74, 6) is -0.757. The number of imidazole rings is 1. The normalized spacial score (nSPS) is 10.6. The fourth-order valence-electron chi connectivity index (χ4n) is 1.72. The van der Waals surface area contributed by atoms with Gasteiger partial charge in [-0.25, -0.2) is 4.98 Å². The van der Waals surface area contributed by atoms with Crippen molar-refractivity contribution in [2.75, 3.05) is 11.9 Å². The van der Waals surface area contributed by atoms with E-state index in [4.69, 9.17) is 5.11 Å². The lowest BCUT2D eigenvalue weighted by Crippen LogP contribution is -2.04. The van der Waals surface area contributed by atoms with E-state index in [-0.39, 0.29) is 6.42 Å². The van der Waals surface area contributed by atoms with Crippen LogP contribution in [0.15, 0.2) is 24.5 Å². The molecule has 17 heavy (non-hydrogen) atoms. The molecule has 0 aliphatic carbocycles. The predicted molar refractivity (Wildman–Crippen MR) is 66.1 cm³/mol. The van der Waals surface area contributed by atoms with Gasteiger partial charge in [-0.2, -0.15) is 0 Å². The van der Waals surface area contributed by atoms with Crippen LogP contribution in [0.5, 0.6) is 0 Å². The third-order valence-corrected chi connectivity index (χ3v) is 2.62. The van der Waals surface area contributed by atoms with E-state index < -0.39 is 5.97 Å². The molecular weight excluding hydrogens is 218 g/mol. The van der Waals surface area contributed by atoms with Gasteiger partial charge in [-0.05, 0) is 24.6 Å². The molecule has 0 amide bonds. The molecule has 1 heterocycles. The van der Waals surface area contributed by atoms with Crippen LogP contribution in [-0.4, -0.2) is 27.2 Å². The zero-order valence-electron chi connectivity index (χ0n) is 9.68. The first-order valence-corrected chi connectivity index (χ1v) is 5.53. The highest BCUT2D eigenvalue weighted by Crippen LogP contribution is 2.17. The van der Waals surface area contributed by atoms with Gasteiger partial charge >= 0.3 is 5.97 Å². The van der Waals surface area contributed by atoms with Crippen molar-refractivity contribution >= 4 is 22.7 Å². The van der Waals surface area contributed by atoms with Crippen LogP contribution in [-0.2, 0) is 11.8 Å². The second kappa shape index (κ2) is 4.86. The Morgan fingerprint density at radius 1 is 1.53 bits per heavy atom. The van der Waals surface area contributed by atoms with Crippen molar-refractivity contribution < 1.29 is 9.90 Å². The first-order chi connectivity index (χ1) is 8.16. The van der Waals surface area contributed by atoms with Gasteiger partial charge in [0.1, 0.15) is 0 Å². The van der Waals surface area contributed by atoms with Crippen LogP contribution in [0.25, 0.3) is 11.0 Å². The molecule has 0 aliphatic rings. The number of fused-ring (bicyclic) bond motifs is 1. The topological polar surface area (TPSA) is 67.2 Å². The summed E-state index contributed by atoms with van der Waals surface area (Å²) in [6, 6.07) is 5.95. The molecule has 0 saturated heterocycles. The van der Waals surface area contributed by atoms with E-state index in [2.05, 4.69) is 10.3 Å². The summed E-state index contributed by atoms with van der Waals surface area (Å²) in [4.78, 5) is 14.6. The standard InChI is InChI=1S/C12H15N3O2/c1-15-8-14-10-7-9(4-5-11(10)15)13-6-2-3-12(16)17/h4-5,7-8,13H,2-3,6H2,1H3,(H,16,17). The van der Waals surface area contributed by atoms with E-state index in [1.165, 1.54) is 0 Å². The lowest BCUT2D eigenvalue weighted by molar-refractivity contribution is -0.137. The van der Waals surface area contributed by atoms with Gasteiger partial charge in [0.15, 0.2) is 0 Å². The average molecular weight is 233 g/mol. The number of aromatic nitrogens is 2. The van der Waals surface area contributed by atoms with Gasteiger partial charge < -0.3 is 15.0 Å². The molecule has 0 atom stereocenters. The quantitative estimate of drug-likeness (QED) is 0.773. The molecule has 2 rings (SSSR count). The van der Waals surface area contributed by atoms with Gasteiger partial charge in [-0.15, -0.1) is 0 Å². The zero-order chi connectivity index (χ0) is 12.3. The van der Waals surface area contributed by atoms with Gasteiger partial charge in [-0.3, -0.25) is 4.79 Å². The van der Waals surface area contributed by atoms with Gasteiger partial charge in [0.05, 0.1) is 17.4 Å². The number of rotatable bonds is 5. The summed E-state index contributed by atoms with van der Waals surface area (Å²) in [5.41, 5.74) is 3.00. The molecule has 0 spiro atoms. The molecule has 90 valence electrons. The van der Waals surface area contributed by atoms with Crippen molar-refractivity contribution in [2.45, 2.75) is 12.8 Å². The molecule has 5 heteroatoms. The number of carboxylic acids is 1. The summed E-state index contributed by atoms with van der Waals surface area (Å²) >= 11 is 0. The maximum atomic E-state index is 10.3. The summed E-state index contributed by atoms with van der Waals surface area (Å²) < 4.78 is 1.96. The van der Waals surface area contributed by atoms with E-state index in [0.29, 0.717) is 13.0 Å². The van der Waals surface area contributed by atoms with Crippen LogP contribution in [0, 0.1) is 0 Å². The molecular formula is C12H15N3O2. The number of aryl methyl sites for hydroxylation is 1. The fourth-order valence-corrected chi connectivity index (χ4v) is 1.72. The maximum Gasteiger partial charge on any atom is 0.303 e. The minimum absolute atomic E-state index is 0.193. The summed E-state index contributed by atoms with van der Waals surface area (Å²) in [7, 11) is 1.95. The monoisotopic (exact) mass is 233 g/mol. The van der Waals surface area contributed by atoms with Crippen LogP contribution >= 0.6 is 0 Å². The Labute approximate surface area is 99.1 Å². The number of aliphatic carboxylic acids is 1. The highest BCUT2D eigenvalue weighted by Gasteiger charge is 2.01. The summed E-state index contributed by atoms with van der Waals surface area (Å²) in [5, 5.41) is 11.7. The summed E-state index contributed by atoms with van der Waals surface area (Å²) in [6.07, 6.45) is 2.59. The number of carbonyl (C=O) groups is 1.